The fourth-order valence-corrected chi connectivity index (χ4v) is 2.86. The summed E-state index contributed by atoms with van der Waals surface area (Å²) in [6.45, 7) is 5.07. The average Bonchev–Trinajstić information content (AvgIpc) is 3.13. The van der Waals surface area contributed by atoms with E-state index in [9.17, 15) is 23.1 Å². The van der Waals surface area contributed by atoms with Crippen LogP contribution in [0, 0.1) is 0 Å². The number of carboxylic acids is 1. The van der Waals surface area contributed by atoms with Crippen LogP contribution in [0.1, 0.15) is 18.2 Å². The summed E-state index contributed by atoms with van der Waals surface area (Å²) in [5, 5.41) is 25.8. The molecule has 0 saturated heterocycles. The molecule has 0 fully saturated rings. The molecule has 9 nitrogen and oxygen atoms in total. The molecular weight excluding hydrogens is 395 g/mol. The number of halogens is 3. The Labute approximate surface area is 164 Å². The van der Waals surface area contributed by atoms with Crippen LogP contribution >= 0.6 is 0 Å². The van der Waals surface area contributed by atoms with Crippen LogP contribution in [0.3, 0.4) is 0 Å². The summed E-state index contributed by atoms with van der Waals surface area (Å²) >= 11 is 0. The lowest BCUT2D eigenvalue weighted by molar-refractivity contribution is -0.192. The lowest BCUT2D eigenvalue weighted by Crippen LogP contribution is -2.40. The molecule has 0 spiro atoms. The second kappa shape index (κ2) is 9.65. The highest BCUT2D eigenvalue weighted by Crippen LogP contribution is 2.15. The van der Waals surface area contributed by atoms with Gasteiger partial charge in [0, 0.05) is 51.1 Å². The van der Waals surface area contributed by atoms with Gasteiger partial charge in [0.2, 0.25) is 0 Å². The van der Waals surface area contributed by atoms with Crippen molar-refractivity contribution in [1.29, 1.82) is 0 Å². The lowest BCUT2D eigenvalue weighted by Gasteiger charge is -2.29. The minimum Gasteiger partial charge on any atom is -0.475 e. The van der Waals surface area contributed by atoms with Crippen molar-refractivity contribution < 1.29 is 28.2 Å². The van der Waals surface area contributed by atoms with Crippen LogP contribution in [0.25, 0.3) is 0 Å². The van der Waals surface area contributed by atoms with E-state index in [-0.39, 0.29) is 5.56 Å². The zero-order valence-corrected chi connectivity index (χ0v) is 15.7. The van der Waals surface area contributed by atoms with E-state index in [1.165, 1.54) is 4.68 Å². The molecule has 3 heterocycles. The number of β-amino-alcohol motifs (C(OH)–C–C–N with tert-alkyl or cyclic N) is 1. The second-order valence-electron chi connectivity index (χ2n) is 6.44. The van der Waals surface area contributed by atoms with Crippen molar-refractivity contribution in [2.75, 3.05) is 13.1 Å². The van der Waals surface area contributed by atoms with Crippen LogP contribution in [0.4, 0.5) is 13.2 Å². The van der Waals surface area contributed by atoms with E-state index >= 15 is 0 Å². The summed E-state index contributed by atoms with van der Waals surface area (Å²) in [5.41, 5.74) is 1.92. The Morgan fingerprint density at radius 1 is 1.34 bits per heavy atom. The molecule has 0 aromatic carbocycles. The topological polar surface area (TPSA) is 113 Å². The molecule has 3 rings (SSSR count). The number of aromatic nitrogens is 4. The number of carboxylic acid groups (broad SMARTS) is 1. The molecule has 1 unspecified atom stereocenters. The molecule has 0 aliphatic carbocycles. The van der Waals surface area contributed by atoms with Crippen molar-refractivity contribution in [3.63, 3.8) is 0 Å². The number of aliphatic carboxylic acids is 1. The maximum absolute atomic E-state index is 11.9. The molecule has 1 atom stereocenters. The number of carbonyl (C=O) groups is 1. The normalized spacial score (nSPS) is 15.2. The maximum atomic E-state index is 11.9. The van der Waals surface area contributed by atoms with Crippen molar-refractivity contribution in [2.24, 2.45) is 0 Å². The van der Waals surface area contributed by atoms with E-state index in [0.29, 0.717) is 26.2 Å². The molecule has 160 valence electrons. The molecule has 0 radical (unpaired) electrons. The summed E-state index contributed by atoms with van der Waals surface area (Å²) in [5.74, 6) is -2.76. The van der Waals surface area contributed by atoms with Crippen LogP contribution in [-0.2, 0) is 30.8 Å². The monoisotopic (exact) mass is 417 g/mol. The standard InChI is InChI=1S/C15H21N5O2.C2HF3O2/c1-2-20-15(22)8-12-9-18(7-4-14(12)17-20)10-13(21)11-19-6-3-5-16-19;3-2(4,5)1(6)7/h3,5-6,8,13,21H,2,4,7,9-11H2,1H3;(H,6,7). The molecule has 0 saturated carbocycles. The number of hydrogen-bond donors (Lipinski definition) is 2. The summed E-state index contributed by atoms with van der Waals surface area (Å²) in [7, 11) is 0. The molecule has 0 amide bonds. The maximum Gasteiger partial charge on any atom is 0.490 e. The van der Waals surface area contributed by atoms with Gasteiger partial charge < -0.3 is 10.2 Å². The molecule has 1 aliphatic rings. The van der Waals surface area contributed by atoms with E-state index < -0.39 is 18.2 Å². The number of aryl methyl sites for hydroxylation is 1. The van der Waals surface area contributed by atoms with Crippen molar-refractivity contribution in [1.82, 2.24) is 24.5 Å². The first-order valence-corrected chi connectivity index (χ1v) is 8.88. The van der Waals surface area contributed by atoms with Crippen molar-refractivity contribution in [2.45, 2.75) is 45.3 Å². The third-order valence-electron chi connectivity index (χ3n) is 4.19. The Balaban J connectivity index is 0.000000370. The van der Waals surface area contributed by atoms with Crippen molar-refractivity contribution in [3.05, 3.63) is 46.1 Å². The number of nitrogens with zero attached hydrogens (tertiary/aromatic N) is 5. The summed E-state index contributed by atoms with van der Waals surface area (Å²) in [6, 6.07) is 3.52. The van der Waals surface area contributed by atoms with Crippen LogP contribution in [0.15, 0.2) is 29.3 Å². The molecule has 0 bridgehead atoms. The number of alkyl halides is 3. The largest absolute Gasteiger partial charge is 0.490 e. The molecule has 29 heavy (non-hydrogen) atoms. The van der Waals surface area contributed by atoms with Gasteiger partial charge >= 0.3 is 12.1 Å². The lowest BCUT2D eigenvalue weighted by atomic mass is 10.1. The number of hydrogen-bond acceptors (Lipinski definition) is 6. The van der Waals surface area contributed by atoms with Gasteiger partial charge in [-0.3, -0.25) is 14.4 Å². The van der Waals surface area contributed by atoms with E-state index in [2.05, 4.69) is 15.1 Å². The van der Waals surface area contributed by atoms with Gasteiger partial charge in [0.25, 0.3) is 5.56 Å². The summed E-state index contributed by atoms with van der Waals surface area (Å²) in [4.78, 5) is 22.9. The predicted molar refractivity (Wildman–Crippen MR) is 95.1 cm³/mol. The van der Waals surface area contributed by atoms with Crippen LogP contribution in [-0.4, -0.2) is 66.0 Å². The number of aliphatic hydroxyl groups is 1. The van der Waals surface area contributed by atoms with Crippen molar-refractivity contribution in [3.8, 4) is 0 Å². The first kappa shape index (κ1) is 22.6. The molecule has 2 aromatic rings. The highest BCUT2D eigenvalue weighted by molar-refractivity contribution is 5.73. The first-order valence-electron chi connectivity index (χ1n) is 8.88. The average molecular weight is 417 g/mol. The number of aliphatic hydroxyl groups excluding tert-OH is 1. The Morgan fingerprint density at radius 3 is 2.59 bits per heavy atom. The molecule has 1 aliphatic heterocycles. The molecular formula is C17H22F3N5O4. The Morgan fingerprint density at radius 2 is 2.03 bits per heavy atom. The summed E-state index contributed by atoms with van der Waals surface area (Å²) in [6.07, 6.45) is -1.21. The highest BCUT2D eigenvalue weighted by atomic mass is 19.4. The van der Waals surface area contributed by atoms with E-state index in [0.717, 1.165) is 24.2 Å². The SMILES string of the molecule is CCn1nc2c(cc1=O)CN(CC(O)Cn1cccn1)CC2.O=C(O)C(F)(F)F. The van der Waals surface area contributed by atoms with E-state index in [1.807, 2.05) is 19.2 Å². The zero-order chi connectivity index (χ0) is 21.6. The van der Waals surface area contributed by atoms with Crippen molar-refractivity contribution >= 4 is 5.97 Å². The molecule has 12 heteroatoms. The van der Waals surface area contributed by atoms with Gasteiger partial charge in [0.1, 0.15) is 0 Å². The van der Waals surface area contributed by atoms with Gasteiger partial charge in [-0.15, -0.1) is 0 Å². The molecule has 2 aromatic heterocycles. The number of fused-ring (bicyclic) bond motifs is 1. The fourth-order valence-electron chi connectivity index (χ4n) is 2.86. The van der Waals surface area contributed by atoms with Crippen LogP contribution in [0.2, 0.25) is 0 Å². The van der Waals surface area contributed by atoms with Crippen LogP contribution in [0.5, 0.6) is 0 Å². The highest BCUT2D eigenvalue weighted by Gasteiger charge is 2.38. The Bertz CT molecular complexity index is 867. The predicted octanol–water partition coefficient (Wildman–Crippen LogP) is 0.512. The smallest absolute Gasteiger partial charge is 0.475 e. The van der Waals surface area contributed by atoms with Gasteiger partial charge in [-0.05, 0) is 18.6 Å². The zero-order valence-electron chi connectivity index (χ0n) is 15.7. The first-order chi connectivity index (χ1) is 13.6. The van der Waals surface area contributed by atoms with Crippen LogP contribution < -0.4 is 5.56 Å². The van der Waals surface area contributed by atoms with E-state index in [1.54, 1.807) is 16.9 Å². The Kier molecular flexibility index (Phi) is 7.51. The van der Waals surface area contributed by atoms with E-state index in [4.69, 9.17) is 9.90 Å². The van der Waals surface area contributed by atoms with Gasteiger partial charge in [-0.1, -0.05) is 0 Å². The third kappa shape index (κ3) is 6.68. The summed E-state index contributed by atoms with van der Waals surface area (Å²) < 4.78 is 35.0. The Hall–Kier alpha value is -2.73. The minimum absolute atomic E-state index is 0.0554. The second-order valence-corrected chi connectivity index (χ2v) is 6.44. The van der Waals surface area contributed by atoms with Gasteiger partial charge in [0.15, 0.2) is 0 Å². The molecule has 2 N–H and O–H groups in total. The van der Waals surface area contributed by atoms with Gasteiger partial charge in [0.05, 0.1) is 18.3 Å². The van der Waals surface area contributed by atoms with Gasteiger partial charge in [-0.25, -0.2) is 9.48 Å². The van der Waals surface area contributed by atoms with Gasteiger partial charge in [-0.2, -0.15) is 23.4 Å². The number of rotatable bonds is 5. The minimum atomic E-state index is -5.08. The quantitative estimate of drug-likeness (QED) is 0.729. The fraction of sp³-hybridized carbons (Fsp3) is 0.529. The third-order valence-corrected chi connectivity index (χ3v) is 4.19.